The minimum absolute atomic E-state index is 0.202. The van der Waals surface area contributed by atoms with Gasteiger partial charge in [-0.2, -0.15) is 4.68 Å². The number of benzene rings is 3. The summed E-state index contributed by atoms with van der Waals surface area (Å²) < 4.78 is 7.50. The van der Waals surface area contributed by atoms with Crippen LogP contribution in [0.5, 0.6) is 5.75 Å². The average Bonchev–Trinajstić information content (AvgIpc) is 3.20. The molecular formula is C20H18N4O2S. The molecule has 1 N–H and O–H groups in total. The predicted molar refractivity (Wildman–Crippen MR) is 105 cm³/mol. The van der Waals surface area contributed by atoms with Crippen molar-refractivity contribution in [3.63, 3.8) is 0 Å². The molecule has 3 aromatic carbocycles. The maximum Gasteiger partial charge on any atom is 0.214 e. The third-order valence-corrected chi connectivity index (χ3v) is 5.09. The van der Waals surface area contributed by atoms with Crippen LogP contribution >= 0.6 is 11.8 Å². The minimum atomic E-state index is -0.644. The molecule has 136 valence electrons. The zero-order valence-corrected chi connectivity index (χ0v) is 15.3. The molecule has 6 nitrogen and oxygen atoms in total. The van der Waals surface area contributed by atoms with Gasteiger partial charge in [0.2, 0.25) is 5.16 Å². The van der Waals surface area contributed by atoms with Crippen molar-refractivity contribution in [2.45, 2.75) is 11.3 Å². The summed E-state index contributed by atoms with van der Waals surface area (Å²) in [6.07, 6.45) is -0.644. The van der Waals surface area contributed by atoms with E-state index in [0.717, 1.165) is 22.2 Å². The van der Waals surface area contributed by atoms with Gasteiger partial charge in [0.05, 0.1) is 11.8 Å². The van der Waals surface area contributed by atoms with Gasteiger partial charge in [0.1, 0.15) is 12.4 Å². The second-order valence-electron chi connectivity index (χ2n) is 5.96. The number of fused-ring (bicyclic) bond motifs is 1. The fourth-order valence-corrected chi connectivity index (χ4v) is 3.52. The number of hydrogen-bond donors (Lipinski definition) is 1. The Morgan fingerprint density at radius 1 is 0.963 bits per heavy atom. The molecule has 0 aliphatic heterocycles. The molecule has 7 heteroatoms. The lowest BCUT2D eigenvalue weighted by atomic mass is 10.1. The van der Waals surface area contributed by atoms with Crippen LogP contribution in [0.4, 0.5) is 0 Å². The first-order chi connectivity index (χ1) is 13.3. The number of nitrogens with zero attached hydrogens (tertiary/aromatic N) is 4. The molecule has 1 atom stereocenters. The van der Waals surface area contributed by atoms with Crippen molar-refractivity contribution in [3.8, 4) is 11.4 Å². The van der Waals surface area contributed by atoms with Crippen molar-refractivity contribution in [2.24, 2.45) is 0 Å². The van der Waals surface area contributed by atoms with Gasteiger partial charge in [0.15, 0.2) is 0 Å². The Morgan fingerprint density at radius 3 is 2.63 bits per heavy atom. The summed E-state index contributed by atoms with van der Waals surface area (Å²) in [4.78, 5) is 0. The summed E-state index contributed by atoms with van der Waals surface area (Å²) in [6, 6.07) is 23.6. The lowest BCUT2D eigenvalue weighted by molar-refractivity contribution is 0.127. The van der Waals surface area contributed by atoms with Crippen LogP contribution in [0, 0.1) is 0 Å². The maximum absolute atomic E-state index is 10.3. The highest BCUT2D eigenvalue weighted by Gasteiger charge is 2.13. The Hall–Kier alpha value is -2.90. The fourth-order valence-electron chi connectivity index (χ4n) is 2.73. The van der Waals surface area contributed by atoms with Crippen LogP contribution in [0.2, 0.25) is 0 Å². The number of tetrazole rings is 1. The van der Waals surface area contributed by atoms with E-state index < -0.39 is 6.10 Å². The first kappa shape index (κ1) is 17.5. The molecule has 0 aliphatic rings. The summed E-state index contributed by atoms with van der Waals surface area (Å²) in [5, 5.41) is 24.9. The molecule has 4 aromatic rings. The van der Waals surface area contributed by atoms with Gasteiger partial charge in [-0.3, -0.25) is 0 Å². The van der Waals surface area contributed by atoms with Crippen molar-refractivity contribution < 1.29 is 9.84 Å². The number of aromatic nitrogens is 4. The number of ether oxygens (including phenoxy) is 1. The number of aliphatic hydroxyl groups is 1. The molecule has 0 saturated carbocycles. The highest BCUT2D eigenvalue weighted by Crippen LogP contribution is 2.25. The van der Waals surface area contributed by atoms with Crippen LogP contribution in [-0.4, -0.2) is 43.8 Å². The van der Waals surface area contributed by atoms with Gasteiger partial charge in [-0.1, -0.05) is 66.4 Å². The van der Waals surface area contributed by atoms with Gasteiger partial charge in [-0.25, -0.2) is 0 Å². The standard InChI is InChI=1S/C20H18N4O2S/c25-17(13-26-19-12-6-8-15-7-4-5-11-18(15)19)14-27-20-21-22-23-24(20)16-9-2-1-3-10-16/h1-12,17,25H,13-14H2/t17-/m0/s1. The van der Waals surface area contributed by atoms with E-state index in [2.05, 4.69) is 15.5 Å². The van der Waals surface area contributed by atoms with E-state index in [1.807, 2.05) is 72.8 Å². The number of rotatable bonds is 7. The topological polar surface area (TPSA) is 73.1 Å². The van der Waals surface area contributed by atoms with Crippen molar-refractivity contribution in [1.82, 2.24) is 20.2 Å². The molecule has 0 spiro atoms. The Balaban J connectivity index is 1.37. The molecule has 0 fully saturated rings. The lowest BCUT2D eigenvalue weighted by Crippen LogP contribution is -2.20. The summed E-state index contributed by atoms with van der Waals surface area (Å²) >= 11 is 1.39. The summed E-state index contributed by atoms with van der Waals surface area (Å²) in [5.41, 5.74) is 0.881. The summed E-state index contributed by atoms with van der Waals surface area (Å²) in [6.45, 7) is 0.202. The quantitative estimate of drug-likeness (QED) is 0.497. The third kappa shape index (κ3) is 4.10. The third-order valence-electron chi connectivity index (χ3n) is 4.03. The van der Waals surface area contributed by atoms with Gasteiger partial charge in [0, 0.05) is 11.1 Å². The number of hydrogen-bond acceptors (Lipinski definition) is 6. The zero-order chi connectivity index (χ0) is 18.5. The zero-order valence-electron chi connectivity index (χ0n) is 14.5. The molecular weight excluding hydrogens is 360 g/mol. The first-order valence-corrected chi connectivity index (χ1v) is 9.55. The number of para-hydroxylation sites is 1. The van der Waals surface area contributed by atoms with E-state index in [1.165, 1.54) is 11.8 Å². The van der Waals surface area contributed by atoms with E-state index in [-0.39, 0.29) is 6.61 Å². The minimum Gasteiger partial charge on any atom is -0.490 e. The summed E-state index contributed by atoms with van der Waals surface area (Å²) in [7, 11) is 0. The van der Waals surface area contributed by atoms with E-state index in [4.69, 9.17) is 4.74 Å². The number of aliphatic hydroxyl groups excluding tert-OH is 1. The SMILES string of the molecule is O[C@@H](COc1cccc2ccccc12)CSc1nnnn1-c1ccccc1. The predicted octanol–water partition coefficient (Wildman–Crippen LogP) is 3.35. The fraction of sp³-hybridized carbons (Fsp3) is 0.150. The highest BCUT2D eigenvalue weighted by atomic mass is 32.2. The van der Waals surface area contributed by atoms with Crippen LogP contribution in [0.3, 0.4) is 0 Å². The van der Waals surface area contributed by atoms with Crippen LogP contribution < -0.4 is 4.74 Å². The molecule has 0 aliphatic carbocycles. The maximum atomic E-state index is 10.3. The molecule has 1 aromatic heterocycles. The molecule has 27 heavy (non-hydrogen) atoms. The molecule has 0 saturated heterocycles. The molecule has 0 bridgehead atoms. The number of thioether (sulfide) groups is 1. The second-order valence-corrected chi connectivity index (χ2v) is 6.95. The van der Waals surface area contributed by atoms with E-state index in [9.17, 15) is 5.11 Å². The van der Waals surface area contributed by atoms with Crippen LogP contribution in [0.15, 0.2) is 78.0 Å². The Bertz CT molecular complexity index is 1020. The Labute approximate surface area is 160 Å². The van der Waals surface area contributed by atoms with Gasteiger partial charge < -0.3 is 9.84 Å². The van der Waals surface area contributed by atoms with Crippen LogP contribution in [-0.2, 0) is 0 Å². The summed E-state index contributed by atoms with van der Waals surface area (Å²) in [5.74, 6) is 1.20. The molecule has 0 radical (unpaired) electrons. The average molecular weight is 378 g/mol. The lowest BCUT2D eigenvalue weighted by Gasteiger charge is -2.13. The molecule has 4 rings (SSSR count). The van der Waals surface area contributed by atoms with Gasteiger partial charge in [-0.15, -0.1) is 5.10 Å². The first-order valence-electron chi connectivity index (χ1n) is 8.56. The highest BCUT2D eigenvalue weighted by molar-refractivity contribution is 7.99. The molecule has 0 unspecified atom stereocenters. The normalized spacial score (nSPS) is 12.2. The Morgan fingerprint density at radius 2 is 1.74 bits per heavy atom. The van der Waals surface area contributed by atoms with Crippen molar-refractivity contribution in [2.75, 3.05) is 12.4 Å². The molecule has 0 amide bonds. The van der Waals surface area contributed by atoms with Crippen molar-refractivity contribution in [1.29, 1.82) is 0 Å². The largest absolute Gasteiger partial charge is 0.490 e. The monoisotopic (exact) mass is 378 g/mol. The van der Waals surface area contributed by atoms with Crippen molar-refractivity contribution in [3.05, 3.63) is 72.8 Å². The van der Waals surface area contributed by atoms with E-state index in [1.54, 1.807) is 4.68 Å². The van der Waals surface area contributed by atoms with Crippen LogP contribution in [0.1, 0.15) is 0 Å². The van der Waals surface area contributed by atoms with Crippen LogP contribution in [0.25, 0.3) is 16.5 Å². The smallest absolute Gasteiger partial charge is 0.214 e. The molecule has 1 heterocycles. The van der Waals surface area contributed by atoms with Gasteiger partial charge in [0.25, 0.3) is 0 Å². The van der Waals surface area contributed by atoms with E-state index >= 15 is 0 Å². The van der Waals surface area contributed by atoms with Crippen molar-refractivity contribution >= 4 is 22.5 Å². The Kier molecular flexibility index (Phi) is 5.32. The second kappa shape index (κ2) is 8.20. The van der Waals surface area contributed by atoms with E-state index in [0.29, 0.717) is 10.9 Å². The van der Waals surface area contributed by atoms with Gasteiger partial charge in [-0.05, 0) is 34.0 Å². The van der Waals surface area contributed by atoms with Gasteiger partial charge >= 0.3 is 0 Å².